The molecule has 4 aliphatic rings. The Morgan fingerprint density at radius 3 is 1.94 bits per heavy atom. The first-order valence-corrected chi connectivity index (χ1v) is 14.5. The smallest absolute Gasteiger partial charge is 0.185 e. The van der Waals surface area contributed by atoms with Gasteiger partial charge >= 0.3 is 0 Å². The topological polar surface area (TPSA) is 42.3 Å². The number of allylic oxidation sites excluding steroid dienone is 3. The van der Waals surface area contributed by atoms with E-state index in [2.05, 4.69) is 74.1 Å². The van der Waals surface area contributed by atoms with E-state index in [0.717, 1.165) is 36.7 Å². The third kappa shape index (κ3) is 9.58. The van der Waals surface area contributed by atoms with Crippen molar-refractivity contribution in [2.45, 2.75) is 128 Å². The van der Waals surface area contributed by atoms with Crippen molar-refractivity contribution in [1.82, 2.24) is 15.1 Å². The second kappa shape index (κ2) is 17.1. The van der Waals surface area contributed by atoms with E-state index in [1.807, 2.05) is 4.90 Å². The maximum atomic E-state index is 9.73. The summed E-state index contributed by atoms with van der Waals surface area (Å²) in [7, 11) is 2.22. The van der Waals surface area contributed by atoms with Gasteiger partial charge in [-0.15, -0.1) is 12.8 Å². The van der Waals surface area contributed by atoms with Crippen LogP contribution in [0.25, 0.3) is 0 Å². The number of rotatable bonds is 6. The molecule has 0 aromatic carbocycles. The maximum absolute atomic E-state index is 9.73. The maximum Gasteiger partial charge on any atom is 0.185 e. The van der Waals surface area contributed by atoms with Crippen molar-refractivity contribution in [3.8, 4) is 19.0 Å². The molecule has 0 bridgehead atoms. The minimum absolute atomic E-state index is 0.344. The fourth-order valence-electron chi connectivity index (χ4n) is 6.02. The molecule has 0 atom stereocenters. The highest BCUT2D eigenvalue weighted by Gasteiger charge is 2.24. The third-order valence-electron chi connectivity index (χ3n) is 8.04. The van der Waals surface area contributed by atoms with Crippen LogP contribution in [0.1, 0.15) is 110 Å². The monoisotopic (exact) mass is 490 g/mol. The van der Waals surface area contributed by atoms with E-state index in [1.54, 1.807) is 0 Å². The summed E-state index contributed by atoms with van der Waals surface area (Å²) < 4.78 is 0. The predicted octanol–water partition coefficient (Wildman–Crippen LogP) is 7.43. The Kier molecular flexibility index (Phi) is 14.2. The van der Waals surface area contributed by atoms with Crippen LogP contribution < -0.4 is 5.32 Å². The van der Waals surface area contributed by atoms with Crippen LogP contribution >= 0.6 is 0 Å². The van der Waals surface area contributed by atoms with Gasteiger partial charge in [0.1, 0.15) is 0 Å². The van der Waals surface area contributed by atoms with Crippen molar-refractivity contribution in [2.24, 2.45) is 0 Å². The van der Waals surface area contributed by atoms with Crippen LogP contribution in [0.5, 0.6) is 0 Å². The Balaban J connectivity index is 0.000000347. The number of nitrogens with one attached hydrogen (secondary N) is 1. The van der Waals surface area contributed by atoms with E-state index in [0.29, 0.717) is 12.1 Å². The second-order valence-electron chi connectivity index (χ2n) is 10.7. The lowest BCUT2D eigenvalue weighted by molar-refractivity contribution is 0.241. The van der Waals surface area contributed by atoms with Gasteiger partial charge in [-0.25, -0.2) is 0 Å². The van der Waals surface area contributed by atoms with Crippen LogP contribution in [-0.4, -0.2) is 41.5 Å². The lowest BCUT2D eigenvalue weighted by Crippen LogP contribution is -2.32. The first kappa shape index (κ1) is 29.8. The molecule has 0 aromatic rings. The Bertz CT molecular complexity index is 815. The van der Waals surface area contributed by atoms with Gasteiger partial charge in [0.2, 0.25) is 0 Å². The zero-order valence-corrected chi connectivity index (χ0v) is 23.3. The van der Waals surface area contributed by atoms with Crippen molar-refractivity contribution in [2.75, 3.05) is 13.6 Å². The molecular formula is C32H50N4. The van der Waals surface area contributed by atoms with Crippen molar-refractivity contribution in [3.63, 3.8) is 0 Å². The zero-order chi connectivity index (χ0) is 26.2. The van der Waals surface area contributed by atoms with Crippen molar-refractivity contribution in [1.29, 1.82) is 5.26 Å². The minimum atomic E-state index is 0.344. The van der Waals surface area contributed by atoms with Gasteiger partial charge in [-0.3, -0.25) is 4.90 Å². The molecule has 0 radical (unpaired) electrons. The molecule has 0 amide bonds. The molecule has 0 aromatic heterocycles. The second-order valence-corrected chi connectivity index (χ2v) is 10.7. The summed E-state index contributed by atoms with van der Waals surface area (Å²) in [6.45, 7) is 5.43. The van der Waals surface area contributed by atoms with E-state index in [4.69, 9.17) is 0 Å². The van der Waals surface area contributed by atoms with Gasteiger partial charge in [-0.1, -0.05) is 70.4 Å². The Morgan fingerprint density at radius 1 is 0.889 bits per heavy atom. The number of hydrogen-bond acceptors (Lipinski definition) is 4. The highest BCUT2D eigenvalue weighted by atomic mass is 15.2. The van der Waals surface area contributed by atoms with Gasteiger partial charge in [-0.05, 0) is 75.8 Å². The van der Waals surface area contributed by atoms with Gasteiger partial charge in [0, 0.05) is 30.9 Å². The summed E-state index contributed by atoms with van der Waals surface area (Å²) in [5, 5.41) is 13.2. The van der Waals surface area contributed by atoms with Gasteiger partial charge in [0.15, 0.2) is 6.19 Å². The predicted molar refractivity (Wildman–Crippen MR) is 153 cm³/mol. The van der Waals surface area contributed by atoms with Crippen LogP contribution in [0.2, 0.25) is 0 Å². The molecule has 4 aliphatic carbocycles. The molecule has 198 valence electrons. The summed E-state index contributed by atoms with van der Waals surface area (Å²) in [6, 6.07) is 1.84. The normalized spacial score (nSPS) is 21.2. The average Bonchev–Trinajstić information content (AvgIpc) is 3.13. The zero-order valence-electron chi connectivity index (χ0n) is 23.3. The number of nitrogens with zero attached hydrogens (tertiary/aromatic N) is 3. The molecule has 0 unspecified atom stereocenters. The van der Waals surface area contributed by atoms with Crippen LogP contribution in [-0.2, 0) is 0 Å². The quantitative estimate of drug-likeness (QED) is 0.182. The standard InChI is InChI=1S/C22H31N3.C8H17N.C2H2/c1-18-15-21(24(2)19-9-5-3-6-10-19)13-14-22(16-18)25(17-23)20-11-7-4-8-12-20;1-2-9-8-6-4-3-5-7-8;1-2/h13-15,19-20H,3-12H2,1-2H3;8-9H,2-7H2,1H3;1-2H. The number of hydrogen-bond donors (Lipinski definition) is 1. The van der Waals surface area contributed by atoms with Crippen molar-refractivity contribution >= 4 is 0 Å². The number of likely N-dealkylation sites (N-methyl/N-ethyl adjacent to an activating group) is 1. The van der Waals surface area contributed by atoms with Crippen LogP contribution in [0.3, 0.4) is 0 Å². The first-order valence-electron chi connectivity index (χ1n) is 14.5. The Labute approximate surface area is 222 Å². The van der Waals surface area contributed by atoms with Crippen LogP contribution in [0, 0.1) is 24.3 Å². The first-order chi connectivity index (χ1) is 17.6. The van der Waals surface area contributed by atoms with E-state index < -0.39 is 0 Å². The molecule has 3 fully saturated rings. The molecule has 0 aliphatic heterocycles. The molecule has 4 nitrogen and oxygen atoms in total. The SMILES string of the molecule is C#C.CC1=C=C(N(C#N)C2CCCCC2)C=CC(N(C)C2CCCCC2)=C1.CCNC1CCCCC1. The molecule has 4 heteroatoms. The summed E-state index contributed by atoms with van der Waals surface area (Å²) >= 11 is 0. The summed E-state index contributed by atoms with van der Waals surface area (Å²) in [5.41, 5.74) is 6.74. The van der Waals surface area contributed by atoms with Gasteiger partial charge in [0.05, 0.1) is 5.70 Å². The van der Waals surface area contributed by atoms with Crippen molar-refractivity contribution < 1.29 is 0 Å². The highest BCUT2D eigenvalue weighted by Crippen LogP contribution is 2.28. The fourth-order valence-corrected chi connectivity index (χ4v) is 6.02. The molecule has 0 heterocycles. The molecule has 1 N–H and O–H groups in total. The minimum Gasteiger partial charge on any atom is -0.372 e. The molecule has 36 heavy (non-hydrogen) atoms. The number of terminal acetylenes is 1. The van der Waals surface area contributed by atoms with E-state index in [1.165, 1.54) is 89.2 Å². The summed E-state index contributed by atoms with van der Waals surface area (Å²) in [4.78, 5) is 4.33. The fraction of sp³-hybridized carbons (Fsp3) is 0.688. The largest absolute Gasteiger partial charge is 0.372 e. The third-order valence-corrected chi connectivity index (χ3v) is 8.04. The van der Waals surface area contributed by atoms with E-state index >= 15 is 0 Å². The molecule has 0 spiro atoms. The molecule has 0 saturated heterocycles. The van der Waals surface area contributed by atoms with Gasteiger partial charge in [0.25, 0.3) is 0 Å². The van der Waals surface area contributed by atoms with Gasteiger partial charge in [-0.2, -0.15) is 5.26 Å². The van der Waals surface area contributed by atoms with E-state index in [9.17, 15) is 5.26 Å². The van der Waals surface area contributed by atoms with Crippen molar-refractivity contribution in [3.05, 3.63) is 40.9 Å². The Morgan fingerprint density at radius 2 is 1.42 bits per heavy atom. The highest BCUT2D eigenvalue weighted by molar-refractivity contribution is 5.38. The van der Waals surface area contributed by atoms with Crippen LogP contribution in [0.15, 0.2) is 40.9 Å². The van der Waals surface area contributed by atoms with E-state index in [-0.39, 0.29) is 0 Å². The molecule has 4 rings (SSSR count). The lowest BCUT2D eigenvalue weighted by Gasteiger charge is -2.33. The van der Waals surface area contributed by atoms with Crippen LogP contribution in [0.4, 0.5) is 0 Å². The number of nitriles is 1. The Hall–Kier alpha value is -2.39. The summed E-state index contributed by atoms with van der Waals surface area (Å²) in [6.07, 6.45) is 36.7. The summed E-state index contributed by atoms with van der Waals surface area (Å²) in [5.74, 6) is 0. The van der Waals surface area contributed by atoms with Gasteiger partial charge < -0.3 is 10.2 Å². The lowest BCUT2D eigenvalue weighted by atomic mass is 9.94. The molecular weight excluding hydrogens is 440 g/mol. The average molecular weight is 491 g/mol. The molecule has 3 saturated carbocycles.